The zero-order valence-electron chi connectivity index (χ0n) is 18.8. The minimum Gasteiger partial charge on any atom is -0.353 e. The van der Waals surface area contributed by atoms with Crippen molar-refractivity contribution in [1.29, 1.82) is 0 Å². The fraction of sp³-hybridized carbons (Fsp3) is 0.680. The summed E-state index contributed by atoms with van der Waals surface area (Å²) in [7, 11) is 2.17. The van der Waals surface area contributed by atoms with Crippen molar-refractivity contribution >= 4 is 17.5 Å². The van der Waals surface area contributed by atoms with E-state index in [0.717, 1.165) is 38.0 Å². The minimum atomic E-state index is -0.0285. The summed E-state index contributed by atoms with van der Waals surface area (Å²) in [4.78, 5) is 32.9. The van der Waals surface area contributed by atoms with Gasteiger partial charge >= 0.3 is 0 Å². The van der Waals surface area contributed by atoms with Gasteiger partial charge in [0.15, 0.2) is 0 Å². The molecule has 4 aliphatic rings. The average Bonchev–Trinajstić information content (AvgIpc) is 3.41. The molecule has 6 nitrogen and oxygen atoms in total. The number of likely N-dealkylation sites (N-methyl/N-ethyl adjacent to an activating group) is 1. The monoisotopic (exact) mass is 424 g/mol. The number of carbonyl (C=O) groups is 2. The van der Waals surface area contributed by atoms with Gasteiger partial charge in [-0.3, -0.25) is 19.4 Å². The molecule has 1 aromatic carbocycles. The van der Waals surface area contributed by atoms with Crippen LogP contribution < -0.4 is 10.2 Å². The maximum atomic E-state index is 13.1. The molecule has 2 saturated heterocycles. The molecule has 1 N–H and O–H groups in total. The van der Waals surface area contributed by atoms with Gasteiger partial charge in [0.05, 0.1) is 0 Å². The third-order valence-electron chi connectivity index (χ3n) is 8.21. The predicted octanol–water partition coefficient (Wildman–Crippen LogP) is 2.56. The number of hydrogen-bond acceptors (Lipinski definition) is 4. The van der Waals surface area contributed by atoms with Gasteiger partial charge in [-0.2, -0.15) is 0 Å². The fourth-order valence-corrected chi connectivity index (χ4v) is 6.44. The number of para-hydroxylation sites is 1. The number of nitrogens with zero attached hydrogens (tertiary/aromatic N) is 3. The average molecular weight is 425 g/mol. The van der Waals surface area contributed by atoms with E-state index in [4.69, 9.17) is 0 Å². The molecule has 0 spiro atoms. The van der Waals surface area contributed by atoms with Crippen molar-refractivity contribution < 1.29 is 9.59 Å². The maximum Gasteiger partial charge on any atom is 0.239 e. The molecule has 2 amide bonds. The van der Waals surface area contributed by atoms with E-state index in [-0.39, 0.29) is 29.9 Å². The fourth-order valence-electron chi connectivity index (χ4n) is 6.44. The molecule has 168 valence electrons. The van der Waals surface area contributed by atoms with Gasteiger partial charge in [-0.15, -0.1) is 0 Å². The first-order chi connectivity index (χ1) is 15.1. The summed E-state index contributed by atoms with van der Waals surface area (Å²) >= 11 is 0. The largest absolute Gasteiger partial charge is 0.353 e. The molecule has 1 aliphatic carbocycles. The number of hydrogen-bond donors (Lipinski definition) is 1. The van der Waals surface area contributed by atoms with Crippen molar-refractivity contribution in [2.75, 3.05) is 31.6 Å². The van der Waals surface area contributed by atoms with Crippen LogP contribution in [0.2, 0.25) is 0 Å². The molecule has 3 aliphatic heterocycles. The number of fused-ring (bicyclic) bond motifs is 2. The Bertz CT molecular complexity index is 821. The van der Waals surface area contributed by atoms with Gasteiger partial charge in [0.1, 0.15) is 6.04 Å². The molecule has 6 heteroatoms. The van der Waals surface area contributed by atoms with E-state index in [1.54, 1.807) is 0 Å². The predicted molar refractivity (Wildman–Crippen MR) is 122 cm³/mol. The first-order valence-corrected chi connectivity index (χ1v) is 12.3. The maximum absolute atomic E-state index is 13.1. The van der Waals surface area contributed by atoms with E-state index in [1.165, 1.54) is 37.7 Å². The highest BCUT2D eigenvalue weighted by Gasteiger charge is 2.47. The molecule has 0 bridgehead atoms. The third-order valence-corrected chi connectivity index (χ3v) is 8.21. The van der Waals surface area contributed by atoms with Crippen molar-refractivity contribution in [3.05, 3.63) is 29.8 Å². The van der Waals surface area contributed by atoms with Crippen LogP contribution in [0.1, 0.15) is 56.9 Å². The Morgan fingerprint density at radius 1 is 1.10 bits per heavy atom. The molecule has 3 atom stereocenters. The van der Waals surface area contributed by atoms with Crippen LogP contribution in [0.15, 0.2) is 24.3 Å². The summed E-state index contributed by atoms with van der Waals surface area (Å²) < 4.78 is 0. The minimum absolute atomic E-state index is 0.0285. The number of anilines is 1. The second kappa shape index (κ2) is 8.91. The van der Waals surface area contributed by atoms with Crippen LogP contribution in [0.4, 0.5) is 5.69 Å². The van der Waals surface area contributed by atoms with E-state index in [0.29, 0.717) is 19.0 Å². The van der Waals surface area contributed by atoms with Gasteiger partial charge in [0.2, 0.25) is 11.8 Å². The number of rotatable bonds is 4. The number of carbonyl (C=O) groups excluding carboxylic acids is 2. The summed E-state index contributed by atoms with van der Waals surface area (Å²) in [6.45, 7) is 2.45. The smallest absolute Gasteiger partial charge is 0.239 e. The molecule has 0 radical (unpaired) electrons. The van der Waals surface area contributed by atoms with Crippen LogP contribution in [0.5, 0.6) is 0 Å². The summed E-state index contributed by atoms with van der Waals surface area (Å²) in [5, 5.41) is 3.23. The first-order valence-electron chi connectivity index (χ1n) is 12.3. The van der Waals surface area contributed by atoms with Gasteiger partial charge in [-0.25, -0.2) is 0 Å². The van der Waals surface area contributed by atoms with Crippen LogP contribution in [-0.4, -0.2) is 72.5 Å². The zero-order chi connectivity index (χ0) is 21.4. The molecule has 0 unspecified atom stereocenters. The van der Waals surface area contributed by atoms with Crippen LogP contribution in [-0.2, 0) is 16.0 Å². The van der Waals surface area contributed by atoms with E-state index in [2.05, 4.69) is 34.3 Å². The quantitative estimate of drug-likeness (QED) is 0.807. The Morgan fingerprint density at radius 2 is 1.90 bits per heavy atom. The topological polar surface area (TPSA) is 55.9 Å². The van der Waals surface area contributed by atoms with E-state index < -0.39 is 0 Å². The zero-order valence-corrected chi connectivity index (χ0v) is 18.8. The number of amides is 2. The summed E-state index contributed by atoms with van der Waals surface area (Å²) in [6.07, 6.45) is 9.70. The Hall–Kier alpha value is -1.92. The number of benzene rings is 1. The highest BCUT2D eigenvalue weighted by molar-refractivity contribution is 5.95. The summed E-state index contributed by atoms with van der Waals surface area (Å²) in [5.74, 6) is 0.406. The van der Waals surface area contributed by atoms with Crippen molar-refractivity contribution in [3.63, 3.8) is 0 Å². The van der Waals surface area contributed by atoms with Gasteiger partial charge in [-0.05, 0) is 50.8 Å². The van der Waals surface area contributed by atoms with Gasteiger partial charge in [0, 0.05) is 49.9 Å². The van der Waals surface area contributed by atoms with E-state index in [9.17, 15) is 9.59 Å². The van der Waals surface area contributed by atoms with Crippen molar-refractivity contribution in [2.24, 2.45) is 0 Å². The Labute approximate surface area is 185 Å². The van der Waals surface area contributed by atoms with Crippen molar-refractivity contribution in [3.8, 4) is 0 Å². The molecule has 3 fully saturated rings. The molecule has 1 aromatic rings. The normalized spacial score (nSPS) is 30.0. The lowest BCUT2D eigenvalue weighted by Gasteiger charge is -2.37. The van der Waals surface area contributed by atoms with Crippen molar-refractivity contribution in [1.82, 2.24) is 15.1 Å². The molecular formula is C25H36N4O2. The Morgan fingerprint density at radius 3 is 2.74 bits per heavy atom. The molecule has 3 heterocycles. The van der Waals surface area contributed by atoms with Crippen LogP contribution in [0.3, 0.4) is 0 Å². The lowest BCUT2D eigenvalue weighted by atomic mass is 9.93. The highest BCUT2D eigenvalue weighted by Crippen LogP contribution is 2.34. The van der Waals surface area contributed by atoms with Gasteiger partial charge in [0.25, 0.3) is 0 Å². The lowest BCUT2D eigenvalue weighted by molar-refractivity contribution is -0.126. The Balaban J connectivity index is 1.23. The van der Waals surface area contributed by atoms with Crippen molar-refractivity contribution in [2.45, 2.75) is 82.0 Å². The first kappa shape index (κ1) is 21.0. The van der Waals surface area contributed by atoms with Gasteiger partial charge < -0.3 is 10.2 Å². The standard InChI is InChI=1S/C25H36N4O2/c1-27-20(11-12-23(30)29-15-13-18-7-5-6-10-21(18)29)17-26-25(31)24-22(27)14-16-28(24)19-8-3-2-4-9-19/h5-7,10,19-20,22,24H,2-4,8-9,11-17H2,1H3,(H,26,31)/t20-,22-,24-/m0/s1. The summed E-state index contributed by atoms with van der Waals surface area (Å²) in [6, 6.07) is 9.25. The van der Waals surface area contributed by atoms with Crippen LogP contribution in [0.25, 0.3) is 0 Å². The number of likely N-dealkylation sites (tertiary alicyclic amines) is 1. The Kier molecular flexibility index (Phi) is 6.02. The third kappa shape index (κ3) is 4.00. The molecule has 31 heavy (non-hydrogen) atoms. The molecule has 1 saturated carbocycles. The SMILES string of the molecule is CN1[C@@H](CCC(=O)N2CCc3ccccc32)CNC(=O)[C@@H]2[C@@H]1CCN2C1CCCCC1. The number of nitrogens with one attached hydrogen (secondary N) is 1. The van der Waals surface area contributed by atoms with E-state index in [1.807, 2.05) is 17.0 Å². The van der Waals surface area contributed by atoms with Gasteiger partial charge in [-0.1, -0.05) is 37.5 Å². The second-order valence-corrected chi connectivity index (χ2v) is 9.86. The molecular weight excluding hydrogens is 388 g/mol. The van der Waals surface area contributed by atoms with E-state index >= 15 is 0 Å². The summed E-state index contributed by atoms with van der Waals surface area (Å²) in [5.41, 5.74) is 2.35. The highest BCUT2D eigenvalue weighted by atomic mass is 16.2. The second-order valence-electron chi connectivity index (χ2n) is 9.86. The molecule has 5 rings (SSSR count). The van der Waals surface area contributed by atoms with Crippen LogP contribution in [0, 0.1) is 0 Å². The molecule has 0 aromatic heterocycles. The lowest BCUT2D eigenvalue weighted by Crippen LogP contribution is -2.53. The van der Waals surface area contributed by atoms with Crippen LogP contribution >= 0.6 is 0 Å².